The van der Waals surface area contributed by atoms with Gasteiger partial charge in [-0.3, -0.25) is 14.2 Å². The van der Waals surface area contributed by atoms with Gasteiger partial charge in [0.2, 0.25) is 0 Å². The second kappa shape index (κ2) is 8.06. The summed E-state index contributed by atoms with van der Waals surface area (Å²) in [5.41, 5.74) is 2.43. The van der Waals surface area contributed by atoms with Gasteiger partial charge < -0.3 is 4.98 Å². The summed E-state index contributed by atoms with van der Waals surface area (Å²) in [6, 6.07) is 21.9. The van der Waals surface area contributed by atoms with Crippen LogP contribution in [0.4, 0.5) is 0 Å². The number of carbonyl (C=O) groups is 1. The molecule has 2 heterocycles. The lowest BCUT2D eigenvalue weighted by Crippen LogP contribution is -2.22. The van der Waals surface area contributed by atoms with Crippen LogP contribution in [0.3, 0.4) is 0 Å². The number of carbonyl (C=O) groups excluding carboxylic acids is 1. The predicted molar refractivity (Wildman–Crippen MR) is 126 cm³/mol. The fourth-order valence-corrected chi connectivity index (χ4v) is 4.67. The van der Waals surface area contributed by atoms with Crippen LogP contribution >= 0.6 is 23.4 Å². The molecule has 2 aromatic heterocycles. The van der Waals surface area contributed by atoms with Crippen LogP contribution in [0.2, 0.25) is 5.02 Å². The number of fused-ring (bicyclic) bond motifs is 2. The Morgan fingerprint density at radius 3 is 2.52 bits per heavy atom. The Bertz CT molecular complexity index is 1510. The zero-order chi connectivity index (χ0) is 21.4. The van der Waals surface area contributed by atoms with Crippen LogP contribution in [-0.2, 0) is 0 Å². The molecule has 0 aliphatic carbocycles. The molecular formula is C24H16ClN3O2S. The van der Waals surface area contributed by atoms with Crippen LogP contribution in [0.5, 0.6) is 0 Å². The van der Waals surface area contributed by atoms with E-state index in [2.05, 4.69) is 9.97 Å². The van der Waals surface area contributed by atoms with Gasteiger partial charge in [0.25, 0.3) is 5.56 Å². The van der Waals surface area contributed by atoms with Gasteiger partial charge in [-0.2, -0.15) is 0 Å². The molecule has 1 N–H and O–H groups in total. The van der Waals surface area contributed by atoms with Crippen LogP contribution in [0.15, 0.2) is 88.9 Å². The average Bonchev–Trinajstić information content (AvgIpc) is 3.23. The Kier molecular flexibility index (Phi) is 5.10. The number of aromatic nitrogens is 3. The number of aromatic amines is 1. The van der Waals surface area contributed by atoms with Gasteiger partial charge in [-0.1, -0.05) is 65.8 Å². The molecule has 0 aliphatic heterocycles. The Morgan fingerprint density at radius 1 is 0.968 bits per heavy atom. The number of ketones is 1. The van der Waals surface area contributed by atoms with Crippen molar-refractivity contribution in [2.24, 2.45) is 0 Å². The van der Waals surface area contributed by atoms with E-state index in [1.165, 1.54) is 16.3 Å². The summed E-state index contributed by atoms with van der Waals surface area (Å²) in [6.45, 7) is 0. The molecule has 5 aromatic rings. The van der Waals surface area contributed by atoms with Crippen molar-refractivity contribution in [1.29, 1.82) is 0 Å². The number of hydrogen-bond donors (Lipinski definition) is 1. The molecule has 0 saturated carbocycles. The summed E-state index contributed by atoms with van der Waals surface area (Å²) >= 11 is 7.62. The van der Waals surface area contributed by atoms with E-state index >= 15 is 0 Å². The number of thioether (sulfide) groups is 1. The highest BCUT2D eigenvalue weighted by Crippen LogP contribution is 2.27. The Morgan fingerprint density at radius 2 is 1.68 bits per heavy atom. The number of hydrogen-bond acceptors (Lipinski definition) is 4. The second-order valence-corrected chi connectivity index (χ2v) is 8.31. The fourth-order valence-electron chi connectivity index (χ4n) is 3.56. The lowest BCUT2D eigenvalue weighted by atomic mass is 10.1. The van der Waals surface area contributed by atoms with Gasteiger partial charge in [0, 0.05) is 22.7 Å². The average molecular weight is 446 g/mol. The molecule has 5 nitrogen and oxygen atoms in total. The Balaban J connectivity index is 1.57. The molecule has 152 valence electrons. The van der Waals surface area contributed by atoms with E-state index in [1.807, 2.05) is 36.4 Å². The van der Waals surface area contributed by atoms with Crippen molar-refractivity contribution in [3.63, 3.8) is 0 Å². The fraction of sp³-hybridized carbons (Fsp3) is 0.0417. The summed E-state index contributed by atoms with van der Waals surface area (Å²) in [4.78, 5) is 34.1. The normalized spacial score (nSPS) is 11.3. The van der Waals surface area contributed by atoms with Gasteiger partial charge in [0.15, 0.2) is 10.9 Å². The van der Waals surface area contributed by atoms with E-state index in [1.54, 1.807) is 42.6 Å². The van der Waals surface area contributed by atoms with Crippen molar-refractivity contribution in [2.45, 2.75) is 5.16 Å². The van der Waals surface area contributed by atoms with Crippen LogP contribution in [0.1, 0.15) is 10.4 Å². The molecule has 3 aromatic carbocycles. The first-order valence-electron chi connectivity index (χ1n) is 9.62. The van der Waals surface area contributed by atoms with Gasteiger partial charge >= 0.3 is 0 Å². The van der Waals surface area contributed by atoms with Crippen molar-refractivity contribution in [2.75, 3.05) is 5.75 Å². The van der Waals surface area contributed by atoms with Crippen molar-refractivity contribution in [3.05, 3.63) is 99.9 Å². The van der Waals surface area contributed by atoms with Crippen LogP contribution in [-0.4, -0.2) is 26.1 Å². The molecule has 0 saturated heterocycles. The number of nitrogens with one attached hydrogen (secondary N) is 1. The molecular weight excluding hydrogens is 430 g/mol. The molecule has 0 fully saturated rings. The van der Waals surface area contributed by atoms with E-state index < -0.39 is 0 Å². The van der Waals surface area contributed by atoms with E-state index in [9.17, 15) is 9.59 Å². The lowest BCUT2D eigenvalue weighted by molar-refractivity contribution is 0.102. The molecule has 7 heteroatoms. The first-order chi connectivity index (χ1) is 15.1. The first-order valence-corrected chi connectivity index (χ1v) is 11.0. The highest BCUT2D eigenvalue weighted by molar-refractivity contribution is 7.99. The maximum absolute atomic E-state index is 13.3. The summed E-state index contributed by atoms with van der Waals surface area (Å²) in [6.07, 6.45) is 1.72. The van der Waals surface area contributed by atoms with E-state index in [4.69, 9.17) is 11.6 Å². The highest BCUT2D eigenvalue weighted by atomic mass is 35.5. The minimum Gasteiger partial charge on any atom is -0.360 e. The molecule has 0 radical (unpaired) electrons. The quantitative estimate of drug-likeness (QED) is 0.220. The van der Waals surface area contributed by atoms with Crippen LogP contribution in [0, 0.1) is 0 Å². The topological polar surface area (TPSA) is 67.8 Å². The molecule has 0 amide bonds. The van der Waals surface area contributed by atoms with E-state index in [0.29, 0.717) is 32.3 Å². The van der Waals surface area contributed by atoms with Crippen molar-refractivity contribution in [3.8, 4) is 5.69 Å². The largest absolute Gasteiger partial charge is 0.360 e. The molecule has 0 bridgehead atoms. The third kappa shape index (κ3) is 3.54. The molecule has 0 unspecified atom stereocenters. The minimum absolute atomic E-state index is 0.0458. The zero-order valence-electron chi connectivity index (χ0n) is 16.2. The van der Waals surface area contributed by atoms with Gasteiger partial charge in [-0.25, -0.2) is 4.98 Å². The summed E-state index contributed by atoms with van der Waals surface area (Å²) in [5.74, 6) is 0.0902. The second-order valence-electron chi connectivity index (χ2n) is 6.96. The predicted octanol–water partition coefficient (Wildman–Crippen LogP) is 5.50. The number of para-hydroxylation sites is 3. The number of halogens is 1. The van der Waals surface area contributed by atoms with Crippen LogP contribution < -0.4 is 5.56 Å². The standard InChI is InChI=1S/C24H16ClN3O2S/c25-18-9-3-6-12-21(18)28-23(30)16-8-2-5-11-20(16)27-24(28)31-14-22(29)17-13-26-19-10-4-1-7-15(17)19/h1-13,26H,14H2. The number of rotatable bonds is 5. The van der Waals surface area contributed by atoms with E-state index in [-0.39, 0.29) is 17.1 Å². The number of H-pyrrole nitrogens is 1. The zero-order valence-corrected chi connectivity index (χ0v) is 17.8. The van der Waals surface area contributed by atoms with Gasteiger partial charge in [-0.15, -0.1) is 0 Å². The van der Waals surface area contributed by atoms with Crippen molar-refractivity contribution in [1.82, 2.24) is 14.5 Å². The number of nitrogens with zero attached hydrogens (tertiary/aromatic N) is 2. The SMILES string of the molecule is O=C(CSc1nc2ccccc2c(=O)n1-c1ccccc1Cl)c1c[nH]c2ccccc12. The summed E-state index contributed by atoms with van der Waals surface area (Å²) < 4.78 is 1.48. The molecule has 0 atom stereocenters. The monoisotopic (exact) mass is 445 g/mol. The van der Waals surface area contributed by atoms with Crippen LogP contribution in [0.25, 0.3) is 27.5 Å². The smallest absolute Gasteiger partial charge is 0.266 e. The third-order valence-electron chi connectivity index (χ3n) is 5.06. The summed E-state index contributed by atoms with van der Waals surface area (Å²) in [5, 5.41) is 2.23. The number of benzene rings is 3. The number of Topliss-reactive ketones (excluding diaryl/α,β-unsaturated/α-hetero) is 1. The van der Waals surface area contributed by atoms with E-state index in [0.717, 1.165) is 10.9 Å². The molecule has 0 spiro atoms. The lowest BCUT2D eigenvalue weighted by Gasteiger charge is -2.14. The minimum atomic E-state index is -0.222. The Labute approximate surface area is 186 Å². The maximum Gasteiger partial charge on any atom is 0.266 e. The highest BCUT2D eigenvalue weighted by Gasteiger charge is 2.18. The van der Waals surface area contributed by atoms with Crippen molar-refractivity contribution >= 4 is 51.0 Å². The van der Waals surface area contributed by atoms with Gasteiger partial charge in [0.05, 0.1) is 27.4 Å². The van der Waals surface area contributed by atoms with Gasteiger partial charge in [0.1, 0.15) is 0 Å². The third-order valence-corrected chi connectivity index (χ3v) is 6.32. The van der Waals surface area contributed by atoms with Gasteiger partial charge in [-0.05, 0) is 30.3 Å². The first kappa shape index (κ1) is 19.6. The maximum atomic E-state index is 13.3. The molecule has 5 rings (SSSR count). The summed E-state index contributed by atoms with van der Waals surface area (Å²) in [7, 11) is 0. The Hall–Kier alpha value is -3.35. The molecule has 0 aliphatic rings. The molecule has 31 heavy (non-hydrogen) atoms. The van der Waals surface area contributed by atoms with Crippen molar-refractivity contribution < 1.29 is 4.79 Å².